The second-order valence-corrected chi connectivity index (χ2v) is 4.06. The Hall–Kier alpha value is 0.0500. The van der Waals surface area contributed by atoms with Crippen LogP contribution in [0.25, 0.3) is 0 Å². The Kier molecular flexibility index (Phi) is 2.00. The van der Waals surface area contributed by atoms with Gasteiger partial charge in [0.1, 0.15) is 0 Å². The average molecular weight is 156 g/mol. The summed E-state index contributed by atoms with van der Waals surface area (Å²) < 4.78 is 5.33. The summed E-state index contributed by atoms with van der Waals surface area (Å²) in [5.74, 6) is 0.833. The van der Waals surface area contributed by atoms with Gasteiger partial charge in [-0.1, -0.05) is 6.08 Å². The van der Waals surface area contributed by atoms with Gasteiger partial charge >= 0.3 is 0 Å². The van der Waals surface area contributed by atoms with Gasteiger partial charge < -0.3 is 4.74 Å². The Balaban J connectivity index is 1.87. The highest BCUT2D eigenvalue weighted by atomic mass is 32.2. The highest BCUT2D eigenvalue weighted by Crippen LogP contribution is 2.34. The van der Waals surface area contributed by atoms with Gasteiger partial charge in [-0.15, -0.1) is 11.8 Å². The maximum Gasteiger partial charge on any atom is 0.0505 e. The Morgan fingerprint density at radius 2 is 2.50 bits per heavy atom. The van der Waals surface area contributed by atoms with Crippen LogP contribution in [0.4, 0.5) is 0 Å². The first-order valence-corrected chi connectivity index (χ1v) is 4.79. The standard InChI is InChI=1S/C8H12OS/c1-2-8(10-5-1)7-3-4-9-6-7/h1,5,7-8H,2-4,6H2. The third kappa shape index (κ3) is 1.23. The van der Waals surface area contributed by atoms with Gasteiger partial charge in [0.2, 0.25) is 0 Å². The van der Waals surface area contributed by atoms with Gasteiger partial charge in [-0.2, -0.15) is 0 Å². The van der Waals surface area contributed by atoms with Crippen LogP contribution >= 0.6 is 11.8 Å². The topological polar surface area (TPSA) is 9.23 Å². The minimum absolute atomic E-state index is 0.833. The molecule has 10 heavy (non-hydrogen) atoms. The van der Waals surface area contributed by atoms with E-state index in [0.717, 1.165) is 24.4 Å². The molecule has 0 aliphatic carbocycles. The third-order valence-corrected chi connectivity index (χ3v) is 3.49. The molecule has 0 spiro atoms. The number of thioether (sulfide) groups is 1. The van der Waals surface area contributed by atoms with Gasteiger partial charge in [0.15, 0.2) is 0 Å². The molecule has 0 aromatic carbocycles. The minimum Gasteiger partial charge on any atom is -0.381 e. The number of ether oxygens (including phenoxy) is 1. The molecule has 2 rings (SSSR count). The fourth-order valence-electron chi connectivity index (χ4n) is 1.55. The molecule has 0 N–H and O–H groups in total. The van der Waals surface area contributed by atoms with E-state index in [4.69, 9.17) is 4.74 Å². The molecule has 2 atom stereocenters. The molecular weight excluding hydrogens is 144 g/mol. The maximum atomic E-state index is 5.33. The lowest BCUT2D eigenvalue weighted by atomic mass is 10.0. The first-order chi connectivity index (χ1) is 4.97. The Morgan fingerprint density at radius 3 is 3.10 bits per heavy atom. The monoisotopic (exact) mass is 156 g/mol. The largest absolute Gasteiger partial charge is 0.381 e. The predicted molar refractivity (Wildman–Crippen MR) is 44.1 cm³/mol. The van der Waals surface area contributed by atoms with Gasteiger partial charge in [0.05, 0.1) is 6.61 Å². The van der Waals surface area contributed by atoms with Crippen LogP contribution in [0.2, 0.25) is 0 Å². The van der Waals surface area contributed by atoms with Crippen LogP contribution in [0, 0.1) is 5.92 Å². The molecule has 0 saturated carbocycles. The van der Waals surface area contributed by atoms with Crippen molar-refractivity contribution in [3.63, 3.8) is 0 Å². The first kappa shape index (κ1) is 6.74. The summed E-state index contributed by atoms with van der Waals surface area (Å²) in [7, 11) is 0. The Morgan fingerprint density at radius 1 is 1.50 bits per heavy atom. The first-order valence-electron chi connectivity index (χ1n) is 3.85. The summed E-state index contributed by atoms with van der Waals surface area (Å²) in [5.41, 5.74) is 0. The molecule has 0 amide bonds. The molecule has 0 radical (unpaired) electrons. The van der Waals surface area contributed by atoms with E-state index >= 15 is 0 Å². The summed E-state index contributed by atoms with van der Waals surface area (Å²) in [6.45, 7) is 1.99. The molecule has 2 heterocycles. The lowest BCUT2D eigenvalue weighted by molar-refractivity contribution is 0.185. The van der Waals surface area contributed by atoms with Gasteiger partial charge in [0.25, 0.3) is 0 Å². The van der Waals surface area contributed by atoms with Crippen LogP contribution in [-0.4, -0.2) is 18.5 Å². The molecule has 1 saturated heterocycles. The summed E-state index contributed by atoms with van der Waals surface area (Å²) in [6.07, 6.45) is 4.81. The summed E-state index contributed by atoms with van der Waals surface area (Å²) in [4.78, 5) is 0. The minimum atomic E-state index is 0.833. The van der Waals surface area contributed by atoms with Crippen LogP contribution < -0.4 is 0 Å². The second-order valence-electron chi connectivity index (χ2n) is 2.91. The molecule has 0 aromatic rings. The van der Waals surface area contributed by atoms with Crippen molar-refractivity contribution in [1.82, 2.24) is 0 Å². The average Bonchev–Trinajstić information content (AvgIpc) is 2.59. The number of hydrogen-bond donors (Lipinski definition) is 0. The molecule has 1 fully saturated rings. The van der Waals surface area contributed by atoms with Crippen molar-refractivity contribution in [3.05, 3.63) is 11.5 Å². The molecular formula is C8H12OS. The molecule has 2 heteroatoms. The van der Waals surface area contributed by atoms with E-state index in [1.165, 1.54) is 12.8 Å². The predicted octanol–water partition coefficient (Wildman–Crippen LogP) is 2.04. The Bertz CT molecular complexity index is 130. The lowest BCUT2D eigenvalue weighted by Crippen LogP contribution is -2.13. The zero-order chi connectivity index (χ0) is 6.81. The zero-order valence-corrected chi connectivity index (χ0v) is 6.77. The van der Waals surface area contributed by atoms with E-state index in [-0.39, 0.29) is 0 Å². The quantitative estimate of drug-likeness (QED) is 0.574. The molecule has 0 aromatic heterocycles. The van der Waals surface area contributed by atoms with Crippen LogP contribution in [0.5, 0.6) is 0 Å². The van der Waals surface area contributed by atoms with E-state index < -0.39 is 0 Å². The molecule has 2 aliphatic rings. The van der Waals surface area contributed by atoms with Crippen LogP contribution in [0.1, 0.15) is 12.8 Å². The van der Waals surface area contributed by atoms with Crippen molar-refractivity contribution in [1.29, 1.82) is 0 Å². The highest BCUT2D eigenvalue weighted by Gasteiger charge is 2.26. The summed E-state index contributed by atoms with van der Waals surface area (Å²) in [5, 5.41) is 3.06. The molecule has 1 nitrogen and oxygen atoms in total. The normalized spacial score (nSPS) is 39.2. The van der Waals surface area contributed by atoms with E-state index in [2.05, 4.69) is 11.5 Å². The molecule has 2 unspecified atom stereocenters. The lowest BCUT2D eigenvalue weighted by Gasteiger charge is -2.13. The molecule has 0 bridgehead atoms. The van der Waals surface area contributed by atoms with E-state index in [1.54, 1.807) is 0 Å². The van der Waals surface area contributed by atoms with Crippen molar-refractivity contribution >= 4 is 11.8 Å². The van der Waals surface area contributed by atoms with Crippen molar-refractivity contribution in [2.75, 3.05) is 13.2 Å². The van der Waals surface area contributed by atoms with Gasteiger partial charge in [0, 0.05) is 11.9 Å². The third-order valence-electron chi connectivity index (χ3n) is 2.21. The number of rotatable bonds is 1. The van der Waals surface area contributed by atoms with Crippen molar-refractivity contribution < 1.29 is 4.74 Å². The van der Waals surface area contributed by atoms with E-state index in [1.807, 2.05) is 11.8 Å². The van der Waals surface area contributed by atoms with Crippen LogP contribution in [0.3, 0.4) is 0 Å². The van der Waals surface area contributed by atoms with Gasteiger partial charge in [-0.25, -0.2) is 0 Å². The van der Waals surface area contributed by atoms with E-state index in [9.17, 15) is 0 Å². The maximum absolute atomic E-state index is 5.33. The van der Waals surface area contributed by atoms with Crippen molar-refractivity contribution in [2.24, 2.45) is 5.92 Å². The van der Waals surface area contributed by atoms with Crippen molar-refractivity contribution in [3.8, 4) is 0 Å². The van der Waals surface area contributed by atoms with Crippen LogP contribution in [0.15, 0.2) is 11.5 Å². The Labute approximate surface area is 65.8 Å². The smallest absolute Gasteiger partial charge is 0.0505 e. The zero-order valence-electron chi connectivity index (χ0n) is 5.95. The van der Waals surface area contributed by atoms with Crippen LogP contribution in [-0.2, 0) is 4.74 Å². The number of hydrogen-bond acceptors (Lipinski definition) is 2. The second kappa shape index (κ2) is 2.97. The van der Waals surface area contributed by atoms with Gasteiger partial charge in [-0.3, -0.25) is 0 Å². The summed E-state index contributed by atoms with van der Waals surface area (Å²) >= 11 is 1.98. The van der Waals surface area contributed by atoms with E-state index in [0.29, 0.717) is 0 Å². The SMILES string of the molecule is C1=CSC(C2CCOC2)C1. The molecule has 2 aliphatic heterocycles. The highest BCUT2D eigenvalue weighted by molar-refractivity contribution is 8.03. The van der Waals surface area contributed by atoms with Crippen molar-refractivity contribution in [2.45, 2.75) is 18.1 Å². The fraction of sp³-hybridized carbons (Fsp3) is 0.750. The number of allylic oxidation sites excluding steroid dienone is 1. The van der Waals surface area contributed by atoms with Gasteiger partial charge in [-0.05, 0) is 24.2 Å². The molecule has 56 valence electrons. The fourth-order valence-corrected chi connectivity index (χ4v) is 2.63. The summed E-state index contributed by atoms with van der Waals surface area (Å²) in [6, 6.07) is 0.